The molecule has 3 amide bonds. The molecule has 0 saturated carbocycles. The molecular formula is C54H74F8N4O15. The largest absolute Gasteiger partial charge is 0.573 e. The summed E-state index contributed by atoms with van der Waals surface area (Å²) in [5.41, 5.74) is -4.30. The van der Waals surface area contributed by atoms with Crippen LogP contribution in [0.3, 0.4) is 0 Å². The number of carbonyl (C=O) groups is 8. The van der Waals surface area contributed by atoms with E-state index in [9.17, 15) is 69.8 Å². The van der Waals surface area contributed by atoms with E-state index in [-0.39, 0.29) is 23.5 Å². The number of hydrogen-bond donors (Lipinski definition) is 2. The van der Waals surface area contributed by atoms with Gasteiger partial charge in [0.15, 0.2) is 18.3 Å². The molecule has 2 rings (SSSR count). The van der Waals surface area contributed by atoms with Gasteiger partial charge in [-0.1, -0.05) is 52.0 Å². The lowest BCUT2D eigenvalue weighted by molar-refractivity contribution is -0.275. The molecule has 8 atom stereocenters. The summed E-state index contributed by atoms with van der Waals surface area (Å²) in [6.45, 7) is 13.5. The quantitative estimate of drug-likeness (QED) is 0.0438. The van der Waals surface area contributed by atoms with Gasteiger partial charge in [-0.25, -0.2) is 28.0 Å². The molecule has 0 bridgehead atoms. The Morgan fingerprint density at radius 3 is 1.16 bits per heavy atom. The zero-order chi connectivity index (χ0) is 62.3. The molecule has 27 heteroatoms. The number of halogens is 8. The Balaban J connectivity index is 2.55. The molecule has 2 N–H and O–H groups in total. The third-order valence-electron chi connectivity index (χ3n) is 12.2. The highest BCUT2D eigenvalue weighted by Gasteiger charge is 2.43. The lowest BCUT2D eigenvalue weighted by Gasteiger charge is -2.35. The summed E-state index contributed by atoms with van der Waals surface area (Å²) < 4.78 is 138. The van der Waals surface area contributed by atoms with Crippen LogP contribution < -0.4 is 14.8 Å². The van der Waals surface area contributed by atoms with Crippen LogP contribution in [0.5, 0.6) is 11.5 Å². The average molecular weight is 1170 g/mol. The van der Waals surface area contributed by atoms with Crippen LogP contribution in [0.4, 0.5) is 35.1 Å². The molecular weight excluding hydrogens is 1100 g/mol. The molecule has 0 saturated heterocycles. The molecule has 0 aromatic heterocycles. The second kappa shape index (κ2) is 29.8. The third kappa shape index (κ3) is 24.4. The summed E-state index contributed by atoms with van der Waals surface area (Å²) in [6, 6.07) is 1.81. The summed E-state index contributed by atoms with van der Waals surface area (Å²) in [5.74, 6) is -11.5. The van der Waals surface area contributed by atoms with Crippen molar-refractivity contribution < 1.29 is 107 Å². The van der Waals surface area contributed by atoms with Crippen molar-refractivity contribution in [2.45, 2.75) is 180 Å². The highest BCUT2D eigenvalue weighted by molar-refractivity contribution is 5.93. The number of likely N-dealkylation sites (N-methyl/N-ethyl adjacent to an activating group) is 4. The lowest BCUT2D eigenvalue weighted by atomic mass is 9.98. The minimum Gasteiger partial charge on any atom is -0.478 e. The van der Waals surface area contributed by atoms with Crippen LogP contribution in [0.15, 0.2) is 48.5 Å². The third-order valence-corrected chi connectivity index (χ3v) is 12.2. The summed E-state index contributed by atoms with van der Waals surface area (Å²) in [4.78, 5) is 112. The number of nitrogens with zero attached hydrogens (tertiary/aromatic N) is 3. The Kier molecular flexibility index (Phi) is 25.8. The van der Waals surface area contributed by atoms with E-state index in [1.165, 1.54) is 14.0 Å². The molecule has 2 aromatic carbocycles. The highest BCUT2D eigenvalue weighted by Crippen LogP contribution is 2.28. The number of carbonyl (C=O) groups excluding carboxylic acids is 7. The Morgan fingerprint density at radius 2 is 0.827 bits per heavy atom. The van der Waals surface area contributed by atoms with Crippen LogP contribution in [0.25, 0.3) is 0 Å². The van der Waals surface area contributed by atoms with Gasteiger partial charge >= 0.3 is 42.6 Å². The number of rotatable bonds is 30. The molecule has 19 nitrogen and oxygen atoms in total. The van der Waals surface area contributed by atoms with Crippen molar-refractivity contribution in [2.24, 2.45) is 11.8 Å². The molecule has 0 aliphatic carbocycles. The van der Waals surface area contributed by atoms with Gasteiger partial charge in [0.25, 0.3) is 17.7 Å². The number of esters is 4. The highest BCUT2D eigenvalue weighted by atomic mass is 19.4. The van der Waals surface area contributed by atoms with E-state index in [4.69, 9.17) is 18.9 Å². The Morgan fingerprint density at radius 1 is 0.494 bits per heavy atom. The van der Waals surface area contributed by atoms with Crippen molar-refractivity contribution >= 4 is 47.6 Å². The monoisotopic (exact) mass is 1170 g/mol. The van der Waals surface area contributed by atoms with E-state index in [1.807, 2.05) is 13.8 Å². The van der Waals surface area contributed by atoms with Gasteiger partial charge in [-0.15, -0.1) is 26.3 Å². The van der Waals surface area contributed by atoms with Crippen molar-refractivity contribution in [2.75, 3.05) is 28.2 Å². The predicted octanol–water partition coefficient (Wildman–Crippen LogP) is 7.48. The molecule has 0 fully saturated rings. The zero-order valence-electron chi connectivity index (χ0n) is 47.7. The smallest absolute Gasteiger partial charge is 0.478 e. The normalized spacial score (nSPS) is 15.2. The van der Waals surface area contributed by atoms with E-state index in [0.717, 1.165) is 114 Å². The first-order valence-electron chi connectivity index (χ1n) is 25.6. The van der Waals surface area contributed by atoms with Gasteiger partial charge in [0.2, 0.25) is 6.10 Å². The maximum Gasteiger partial charge on any atom is 0.573 e. The van der Waals surface area contributed by atoms with Gasteiger partial charge < -0.3 is 53.5 Å². The molecule has 0 aliphatic rings. The first kappa shape index (κ1) is 70.3. The molecule has 0 radical (unpaired) electrons. The Labute approximate surface area is 465 Å². The maximum absolute atomic E-state index is 15.5. The topological polar surface area (TPSA) is 234 Å². The SMILES string of the molecule is CNC(CC(C)C)C(=O)OC(C)C(=O)N(C)C(CC(C)(C)F)C(=O)OC(Cc1ccc(OC(F)(F)F)cc1)C(=O)N(C)C(CC(C)C)C(=O)OC(C)C(=O)N(C)C(CC(C)(C)F)C(=O)OC(Cc1ccc(OC(F)(F)F)cc1)C(=O)O. The van der Waals surface area contributed by atoms with Crippen molar-refractivity contribution in [1.29, 1.82) is 0 Å². The first-order valence-corrected chi connectivity index (χ1v) is 25.6. The number of ether oxygens (including phenoxy) is 6. The number of alkyl halides is 8. The molecule has 81 heavy (non-hydrogen) atoms. The number of benzene rings is 2. The second-order valence-electron chi connectivity index (χ2n) is 21.5. The van der Waals surface area contributed by atoms with E-state index >= 15 is 8.78 Å². The van der Waals surface area contributed by atoms with Gasteiger partial charge in [-0.3, -0.25) is 19.2 Å². The Bertz CT molecular complexity index is 2450. The van der Waals surface area contributed by atoms with Crippen LogP contribution in [-0.2, 0) is 70.1 Å². The van der Waals surface area contributed by atoms with Crippen LogP contribution in [0, 0.1) is 11.8 Å². The summed E-state index contributed by atoms with van der Waals surface area (Å²) >= 11 is 0. The summed E-state index contributed by atoms with van der Waals surface area (Å²) in [5, 5.41) is 12.7. The fraction of sp³-hybridized carbons (Fsp3) is 0.630. The minimum atomic E-state index is -5.08. The van der Waals surface area contributed by atoms with E-state index in [2.05, 4.69) is 14.8 Å². The Hall–Kier alpha value is -6.80. The van der Waals surface area contributed by atoms with E-state index < -0.39 is 163 Å². The molecule has 0 heterocycles. The average Bonchev–Trinajstić information content (AvgIpc) is 3.33. The van der Waals surface area contributed by atoms with Crippen molar-refractivity contribution in [1.82, 2.24) is 20.0 Å². The van der Waals surface area contributed by atoms with Gasteiger partial charge in [-0.2, -0.15) is 0 Å². The number of carboxylic acid groups (broad SMARTS) is 1. The molecule has 456 valence electrons. The lowest BCUT2D eigenvalue weighted by Crippen LogP contribution is -2.54. The second-order valence-corrected chi connectivity index (χ2v) is 21.5. The first-order chi connectivity index (χ1) is 37.0. The van der Waals surface area contributed by atoms with Crippen LogP contribution in [0.1, 0.15) is 106 Å². The fourth-order valence-electron chi connectivity index (χ4n) is 8.09. The minimum absolute atomic E-state index is 0.0385. The fourth-order valence-corrected chi connectivity index (χ4v) is 8.09. The van der Waals surface area contributed by atoms with Crippen molar-refractivity contribution in [3.05, 3.63) is 59.7 Å². The maximum atomic E-state index is 15.5. The molecule has 8 unspecified atom stereocenters. The number of nitrogens with one attached hydrogen (secondary N) is 1. The standard InChI is InChI=1S/C54H74F8N4O15/c1-29(2)23-37(63-11)47(72)76-31(5)43(67)65(13)39(27-51(7,8)55)49(74)78-41(25-33-15-19-35(20-16-33)80-53(57,58)59)45(69)64(12)38(24-30(3)4)48(73)77-32(6)44(68)66(14)40(28-52(9,10)56)50(75)79-42(46(70)71)26-34-17-21-36(22-18-34)81-54(60,61)62/h15-22,29-32,37-42,63H,23-28H2,1-14H3,(H,70,71). The van der Waals surface area contributed by atoms with Crippen molar-refractivity contribution in [3.8, 4) is 11.5 Å². The van der Waals surface area contributed by atoms with E-state index in [1.54, 1.807) is 13.8 Å². The molecule has 0 spiro atoms. The van der Waals surface area contributed by atoms with Crippen molar-refractivity contribution in [3.63, 3.8) is 0 Å². The number of carboxylic acids is 1. The van der Waals surface area contributed by atoms with Gasteiger partial charge in [-0.05, 0) is 109 Å². The van der Waals surface area contributed by atoms with E-state index in [0.29, 0.717) is 11.3 Å². The van der Waals surface area contributed by atoms with Gasteiger partial charge in [0, 0.05) is 46.8 Å². The van der Waals surface area contributed by atoms with Gasteiger partial charge in [0.1, 0.15) is 47.0 Å². The number of aliphatic carboxylic acids is 1. The number of amides is 3. The van der Waals surface area contributed by atoms with Gasteiger partial charge in [0.05, 0.1) is 0 Å². The molecule has 2 aromatic rings. The predicted molar refractivity (Wildman–Crippen MR) is 273 cm³/mol. The summed E-state index contributed by atoms with van der Waals surface area (Å²) in [6.07, 6.45) is -20.1. The number of hydrogen-bond acceptors (Lipinski definition) is 15. The summed E-state index contributed by atoms with van der Waals surface area (Å²) in [7, 11) is 4.72. The van der Waals surface area contributed by atoms with Crippen LogP contribution in [-0.4, -0.2) is 168 Å². The zero-order valence-corrected chi connectivity index (χ0v) is 47.7. The van der Waals surface area contributed by atoms with Crippen LogP contribution >= 0.6 is 0 Å². The van der Waals surface area contributed by atoms with Crippen LogP contribution in [0.2, 0.25) is 0 Å². The molecule has 0 aliphatic heterocycles.